The number of anilines is 1. The third-order valence-electron chi connectivity index (χ3n) is 6.61. The molecule has 43 heavy (non-hydrogen) atoms. The summed E-state index contributed by atoms with van der Waals surface area (Å²) in [7, 11) is -2.61. The molecule has 0 saturated heterocycles. The number of benzene rings is 5. The van der Waals surface area contributed by atoms with Gasteiger partial charge >= 0.3 is 0 Å². The second kappa shape index (κ2) is 13.4. The number of rotatable bonds is 11. The molecule has 0 aliphatic rings. The molecule has 0 saturated carbocycles. The molecule has 218 valence electrons. The molecule has 0 heterocycles. The number of fused-ring (bicyclic) bond motifs is 1. The number of hydrazone groups is 1. The maximum absolute atomic E-state index is 13.5. The standard InChI is InChI=1S/C33H28ClN3O5S/c1-41-29-17-19-31(20-18-29)43(39,40)37(28-13-11-27(34)12-14-28)22-33(38)36-35-21-24-9-15-30(16-10-24)42-23-26-7-4-6-25-5-2-3-8-32(25)26/h2-21H,22-23H2,1H3,(H,36,38)/b35-21-. The SMILES string of the molecule is COc1ccc(S(=O)(=O)N(CC(=O)N/N=C\c2ccc(OCc3cccc4ccccc34)cc2)c2ccc(Cl)cc2)cc1. The Morgan fingerprint density at radius 2 is 1.53 bits per heavy atom. The minimum atomic E-state index is -4.10. The average Bonchev–Trinajstić information content (AvgIpc) is 3.03. The zero-order valence-electron chi connectivity index (χ0n) is 23.2. The molecule has 1 N–H and O–H groups in total. The van der Waals surface area contributed by atoms with Crippen molar-refractivity contribution in [3.05, 3.63) is 131 Å². The topological polar surface area (TPSA) is 97.3 Å². The number of hydrogen-bond acceptors (Lipinski definition) is 6. The lowest BCUT2D eigenvalue weighted by Crippen LogP contribution is -2.39. The van der Waals surface area contributed by atoms with Crippen molar-refractivity contribution in [2.75, 3.05) is 18.0 Å². The summed E-state index contributed by atoms with van der Waals surface area (Å²) in [5.74, 6) is 0.572. The predicted octanol–water partition coefficient (Wildman–Crippen LogP) is 6.43. The van der Waals surface area contributed by atoms with Gasteiger partial charge in [0.1, 0.15) is 24.7 Å². The van der Waals surface area contributed by atoms with E-state index in [9.17, 15) is 13.2 Å². The van der Waals surface area contributed by atoms with Crippen LogP contribution in [0, 0.1) is 0 Å². The highest BCUT2D eigenvalue weighted by Gasteiger charge is 2.27. The van der Waals surface area contributed by atoms with E-state index in [1.807, 2.05) is 48.5 Å². The van der Waals surface area contributed by atoms with E-state index >= 15 is 0 Å². The first-order chi connectivity index (χ1) is 20.8. The Morgan fingerprint density at radius 1 is 0.860 bits per heavy atom. The molecule has 0 aliphatic carbocycles. The maximum Gasteiger partial charge on any atom is 0.264 e. The van der Waals surface area contributed by atoms with E-state index in [4.69, 9.17) is 21.1 Å². The number of carbonyl (C=O) groups excluding carboxylic acids is 1. The normalized spacial score (nSPS) is 11.4. The van der Waals surface area contributed by atoms with E-state index in [1.54, 1.807) is 12.1 Å². The lowest BCUT2D eigenvalue weighted by atomic mass is 10.1. The van der Waals surface area contributed by atoms with Crippen molar-refractivity contribution in [1.82, 2.24) is 5.43 Å². The fourth-order valence-corrected chi connectivity index (χ4v) is 5.92. The molecular weight excluding hydrogens is 586 g/mol. The van der Waals surface area contributed by atoms with Crippen molar-refractivity contribution in [3.8, 4) is 11.5 Å². The molecule has 0 radical (unpaired) electrons. The largest absolute Gasteiger partial charge is 0.497 e. The van der Waals surface area contributed by atoms with Gasteiger partial charge in [-0.1, -0.05) is 54.1 Å². The van der Waals surface area contributed by atoms with E-state index in [0.29, 0.717) is 23.1 Å². The Balaban J connectivity index is 1.22. The van der Waals surface area contributed by atoms with E-state index in [-0.39, 0.29) is 10.6 Å². The molecule has 0 atom stereocenters. The van der Waals surface area contributed by atoms with Gasteiger partial charge < -0.3 is 9.47 Å². The number of amides is 1. The van der Waals surface area contributed by atoms with Gasteiger partial charge in [-0.3, -0.25) is 9.10 Å². The van der Waals surface area contributed by atoms with Gasteiger partial charge in [0.05, 0.1) is 23.9 Å². The Labute approximate surface area is 255 Å². The Hall–Kier alpha value is -4.86. The minimum Gasteiger partial charge on any atom is -0.497 e. The highest BCUT2D eigenvalue weighted by Crippen LogP contribution is 2.26. The van der Waals surface area contributed by atoms with Gasteiger partial charge in [0.25, 0.3) is 15.9 Å². The smallest absolute Gasteiger partial charge is 0.264 e. The van der Waals surface area contributed by atoms with Gasteiger partial charge in [-0.25, -0.2) is 13.8 Å². The molecule has 0 spiro atoms. The van der Waals surface area contributed by atoms with Crippen molar-refractivity contribution in [2.24, 2.45) is 5.10 Å². The molecule has 5 aromatic carbocycles. The first-order valence-corrected chi connectivity index (χ1v) is 15.1. The summed E-state index contributed by atoms with van der Waals surface area (Å²) in [6.07, 6.45) is 1.47. The van der Waals surface area contributed by atoms with Gasteiger partial charge in [0, 0.05) is 5.02 Å². The fourth-order valence-electron chi connectivity index (χ4n) is 4.37. The van der Waals surface area contributed by atoms with Crippen LogP contribution in [0.3, 0.4) is 0 Å². The molecule has 0 aromatic heterocycles. The summed E-state index contributed by atoms with van der Waals surface area (Å²) >= 11 is 6.00. The second-order valence-corrected chi connectivity index (χ2v) is 11.8. The highest BCUT2D eigenvalue weighted by molar-refractivity contribution is 7.92. The van der Waals surface area contributed by atoms with Gasteiger partial charge in [0.15, 0.2) is 0 Å². The lowest BCUT2D eigenvalue weighted by Gasteiger charge is -2.23. The van der Waals surface area contributed by atoms with E-state index in [2.05, 4.69) is 28.7 Å². The van der Waals surface area contributed by atoms with Crippen LogP contribution >= 0.6 is 11.6 Å². The van der Waals surface area contributed by atoms with E-state index in [0.717, 1.165) is 26.2 Å². The molecule has 10 heteroatoms. The molecule has 0 aliphatic heterocycles. The molecule has 5 aromatic rings. The van der Waals surface area contributed by atoms with Gasteiger partial charge in [-0.05, 0) is 94.7 Å². The number of nitrogens with zero attached hydrogens (tertiary/aromatic N) is 2. The van der Waals surface area contributed by atoms with Crippen LogP contribution in [0.25, 0.3) is 10.8 Å². The number of nitrogens with one attached hydrogen (secondary N) is 1. The Bertz CT molecular complexity index is 1840. The van der Waals surface area contributed by atoms with Crippen LogP contribution in [0.15, 0.2) is 125 Å². The molecule has 0 bridgehead atoms. The molecule has 8 nitrogen and oxygen atoms in total. The molecule has 1 amide bonds. The summed E-state index contributed by atoms with van der Waals surface area (Å²) in [6.45, 7) is -0.0807. The van der Waals surface area contributed by atoms with Gasteiger partial charge in [0.2, 0.25) is 0 Å². The predicted molar refractivity (Wildman–Crippen MR) is 169 cm³/mol. The summed E-state index contributed by atoms with van der Waals surface area (Å²) in [5.41, 5.74) is 4.50. The number of hydrogen-bond donors (Lipinski definition) is 1. The Kier molecular flexibility index (Phi) is 9.24. The van der Waals surface area contributed by atoms with Crippen LogP contribution in [0.2, 0.25) is 5.02 Å². The van der Waals surface area contributed by atoms with Crippen molar-refractivity contribution in [3.63, 3.8) is 0 Å². The number of ether oxygens (including phenoxy) is 2. The first-order valence-electron chi connectivity index (χ1n) is 13.3. The molecule has 5 rings (SSSR count). The van der Waals surface area contributed by atoms with Crippen molar-refractivity contribution in [1.29, 1.82) is 0 Å². The van der Waals surface area contributed by atoms with Crippen LogP contribution in [0.5, 0.6) is 11.5 Å². The fraction of sp³-hybridized carbons (Fsp3) is 0.0909. The summed E-state index contributed by atoms with van der Waals surface area (Å²) in [5, 5.41) is 6.76. The third-order valence-corrected chi connectivity index (χ3v) is 8.65. The number of halogens is 1. The zero-order valence-corrected chi connectivity index (χ0v) is 24.8. The van der Waals surface area contributed by atoms with Crippen molar-refractivity contribution in [2.45, 2.75) is 11.5 Å². The summed E-state index contributed by atoms with van der Waals surface area (Å²) < 4.78 is 39.1. The van der Waals surface area contributed by atoms with Crippen molar-refractivity contribution < 1.29 is 22.7 Å². The van der Waals surface area contributed by atoms with Gasteiger partial charge in [-0.2, -0.15) is 5.10 Å². The Morgan fingerprint density at radius 3 is 2.26 bits per heavy atom. The number of carbonyl (C=O) groups is 1. The average molecular weight is 614 g/mol. The van der Waals surface area contributed by atoms with Crippen LogP contribution in [-0.2, 0) is 21.4 Å². The molecule has 0 fully saturated rings. The highest BCUT2D eigenvalue weighted by atomic mass is 35.5. The summed E-state index contributed by atoms with van der Waals surface area (Å²) in [4.78, 5) is 12.8. The zero-order chi connectivity index (χ0) is 30.2. The van der Waals surface area contributed by atoms with Crippen LogP contribution in [0.4, 0.5) is 5.69 Å². The van der Waals surface area contributed by atoms with E-state index < -0.39 is 22.5 Å². The maximum atomic E-state index is 13.5. The number of sulfonamides is 1. The first kappa shape index (κ1) is 29.6. The minimum absolute atomic E-state index is 0.00214. The quantitative estimate of drug-likeness (QED) is 0.137. The molecule has 0 unspecified atom stereocenters. The van der Waals surface area contributed by atoms with Crippen LogP contribution in [-0.4, -0.2) is 34.2 Å². The number of methoxy groups -OCH3 is 1. The van der Waals surface area contributed by atoms with E-state index in [1.165, 1.54) is 49.7 Å². The monoisotopic (exact) mass is 613 g/mol. The lowest BCUT2D eigenvalue weighted by molar-refractivity contribution is -0.119. The summed E-state index contributed by atoms with van der Waals surface area (Å²) in [6, 6.07) is 33.6. The third kappa shape index (κ3) is 7.32. The van der Waals surface area contributed by atoms with Crippen molar-refractivity contribution >= 4 is 50.2 Å². The van der Waals surface area contributed by atoms with Crippen LogP contribution in [0.1, 0.15) is 11.1 Å². The van der Waals surface area contributed by atoms with Gasteiger partial charge in [-0.15, -0.1) is 0 Å². The molecular formula is C33H28ClN3O5S. The second-order valence-electron chi connectivity index (χ2n) is 9.45. The van der Waals surface area contributed by atoms with Crippen LogP contribution < -0.4 is 19.2 Å².